The molecule has 1 fully saturated rings. The molecule has 1 aromatic rings. The van der Waals surface area contributed by atoms with E-state index in [0.717, 1.165) is 5.92 Å². The van der Waals surface area contributed by atoms with Crippen molar-refractivity contribution in [1.29, 1.82) is 0 Å². The van der Waals surface area contributed by atoms with Crippen LogP contribution in [0, 0.1) is 11.8 Å². The van der Waals surface area contributed by atoms with Gasteiger partial charge in [0, 0.05) is 17.3 Å². The second-order valence-electron chi connectivity index (χ2n) is 4.54. The van der Waals surface area contributed by atoms with E-state index in [9.17, 15) is 5.11 Å². The third kappa shape index (κ3) is 2.41. The molecule has 0 radical (unpaired) electrons. The highest BCUT2D eigenvalue weighted by Crippen LogP contribution is 2.41. The monoisotopic (exact) mass is 225 g/mol. The fourth-order valence-electron chi connectivity index (χ4n) is 2.19. The molecule has 0 saturated heterocycles. The maximum absolute atomic E-state index is 10.3. The number of hydrogen-bond acceptors (Lipinski definition) is 3. The average Bonchev–Trinajstić information content (AvgIpc) is 2.96. The van der Waals surface area contributed by atoms with Crippen molar-refractivity contribution in [2.75, 3.05) is 6.54 Å². The molecular formula is C12H19NOS. The molecule has 15 heavy (non-hydrogen) atoms. The van der Waals surface area contributed by atoms with Crippen LogP contribution in [-0.4, -0.2) is 17.8 Å². The van der Waals surface area contributed by atoms with Gasteiger partial charge in [-0.2, -0.15) is 0 Å². The van der Waals surface area contributed by atoms with Crippen molar-refractivity contribution in [2.45, 2.75) is 31.8 Å². The van der Waals surface area contributed by atoms with Crippen molar-refractivity contribution < 1.29 is 5.11 Å². The topological polar surface area (TPSA) is 46.2 Å². The number of thiophene rings is 1. The van der Waals surface area contributed by atoms with Crippen molar-refractivity contribution in [3.63, 3.8) is 0 Å². The fraction of sp³-hybridized carbons (Fsp3) is 0.667. The van der Waals surface area contributed by atoms with Crippen molar-refractivity contribution in [2.24, 2.45) is 17.6 Å². The molecule has 0 amide bonds. The molecule has 2 nitrogen and oxygen atoms in total. The van der Waals surface area contributed by atoms with Crippen LogP contribution in [0.4, 0.5) is 0 Å². The normalized spacial score (nSPS) is 22.3. The van der Waals surface area contributed by atoms with Crippen LogP contribution in [0.1, 0.15) is 30.6 Å². The zero-order valence-electron chi connectivity index (χ0n) is 9.10. The molecule has 0 aliphatic heterocycles. The van der Waals surface area contributed by atoms with E-state index in [0.29, 0.717) is 12.5 Å². The molecule has 0 aromatic carbocycles. The zero-order chi connectivity index (χ0) is 10.8. The fourth-order valence-corrected chi connectivity index (χ4v) is 3.08. The first-order chi connectivity index (χ1) is 7.24. The van der Waals surface area contributed by atoms with Crippen LogP contribution in [0.5, 0.6) is 0 Å². The Kier molecular flexibility index (Phi) is 3.44. The van der Waals surface area contributed by atoms with Gasteiger partial charge in [0.15, 0.2) is 0 Å². The number of aliphatic hydroxyl groups is 1. The summed E-state index contributed by atoms with van der Waals surface area (Å²) in [6, 6.07) is 4.10. The molecule has 2 rings (SSSR count). The minimum atomic E-state index is -0.277. The Balaban J connectivity index is 2.05. The van der Waals surface area contributed by atoms with Crippen LogP contribution in [0.2, 0.25) is 0 Å². The molecule has 1 heterocycles. The van der Waals surface area contributed by atoms with Crippen molar-refractivity contribution >= 4 is 11.3 Å². The second kappa shape index (κ2) is 4.64. The van der Waals surface area contributed by atoms with Gasteiger partial charge >= 0.3 is 0 Å². The third-order valence-electron chi connectivity index (χ3n) is 3.48. The van der Waals surface area contributed by atoms with Gasteiger partial charge in [0.1, 0.15) is 0 Å². The highest BCUT2D eigenvalue weighted by Gasteiger charge is 2.36. The summed E-state index contributed by atoms with van der Waals surface area (Å²) in [4.78, 5) is 1.22. The minimum absolute atomic E-state index is 0.126. The first kappa shape index (κ1) is 11.1. The lowest BCUT2D eigenvalue weighted by Crippen LogP contribution is -2.31. The first-order valence-electron chi connectivity index (χ1n) is 5.65. The molecular weight excluding hydrogens is 206 g/mol. The maximum atomic E-state index is 10.3. The Hall–Kier alpha value is -0.380. The smallest absolute Gasteiger partial charge is 0.0656 e. The van der Waals surface area contributed by atoms with E-state index in [1.165, 1.54) is 17.7 Å². The van der Waals surface area contributed by atoms with E-state index < -0.39 is 0 Å². The van der Waals surface area contributed by atoms with Crippen LogP contribution < -0.4 is 5.73 Å². The summed E-state index contributed by atoms with van der Waals surface area (Å²) in [5, 5.41) is 12.3. The van der Waals surface area contributed by atoms with Crippen molar-refractivity contribution in [3.05, 3.63) is 22.4 Å². The molecule has 1 aromatic heterocycles. The molecule has 0 spiro atoms. The van der Waals surface area contributed by atoms with Crippen LogP contribution in [0.15, 0.2) is 17.5 Å². The molecule has 1 aliphatic rings. The van der Waals surface area contributed by atoms with Gasteiger partial charge in [0.05, 0.1) is 6.10 Å². The average molecular weight is 225 g/mol. The Labute approximate surface area is 95.1 Å². The summed E-state index contributed by atoms with van der Waals surface area (Å²) in [6.45, 7) is 2.69. The molecule has 1 aliphatic carbocycles. The summed E-state index contributed by atoms with van der Waals surface area (Å²) < 4.78 is 0. The number of hydrogen-bond donors (Lipinski definition) is 2. The largest absolute Gasteiger partial charge is 0.392 e. The Morgan fingerprint density at radius 2 is 2.33 bits per heavy atom. The zero-order valence-corrected chi connectivity index (χ0v) is 9.91. The quantitative estimate of drug-likeness (QED) is 0.807. The predicted molar refractivity (Wildman–Crippen MR) is 64.0 cm³/mol. The summed E-state index contributed by atoms with van der Waals surface area (Å²) in [7, 11) is 0. The number of aliphatic hydroxyl groups excluding tert-OH is 1. The van der Waals surface area contributed by atoms with E-state index in [1.54, 1.807) is 11.3 Å². The SMILES string of the molecule is CC(C1CC1)C(O)C(CN)c1cccs1. The predicted octanol–water partition coefficient (Wildman–Crippen LogP) is 2.20. The van der Waals surface area contributed by atoms with Gasteiger partial charge in [0.2, 0.25) is 0 Å². The van der Waals surface area contributed by atoms with Gasteiger partial charge < -0.3 is 10.8 Å². The van der Waals surface area contributed by atoms with E-state index in [2.05, 4.69) is 13.0 Å². The van der Waals surface area contributed by atoms with E-state index in [1.807, 2.05) is 11.4 Å². The van der Waals surface area contributed by atoms with Crippen molar-refractivity contribution in [3.8, 4) is 0 Å². The highest BCUT2D eigenvalue weighted by atomic mass is 32.1. The first-order valence-corrected chi connectivity index (χ1v) is 6.53. The van der Waals surface area contributed by atoms with Crippen LogP contribution in [0.3, 0.4) is 0 Å². The van der Waals surface area contributed by atoms with Crippen LogP contribution in [0.25, 0.3) is 0 Å². The van der Waals surface area contributed by atoms with Gasteiger partial charge in [-0.15, -0.1) is 11.3 Å². The lowest BCUT2D eigenvalue weighted by Gasteiger charge is -2.26. The Bertz CT molecular complexity index is 295. The number of nitrogens with two attached hydrogens (primary N) is 1. The van der Waals surface area contributed by atoms with Crippen LogP contribution >= 0.6 is 11.3 Å². The molecule has 3 unspecified atom stereocenters. The summed E-state index contributed by atoms with van der Waals surface area (Å²) in [5.74, 6) is 1.25. The van der Waals surface area contributed by atoms with Crippen LogP contribution in [-0.2, 0) is 0 Å². The van der Waals surface area contributed by atoms with Gasteiger partial charge in [0.25, 0.3) is 0 Å². The van der Waals surface area contributed by atoms with E-state index >= 15 is 0 Å². The van der Waals surface area contributed by atoms with Gasteiger partial charge in [-0.25, -0.2) is 0 Å². The summed E-state index contributed by atoms with van der Waals surface area (Å²) >= 11 is 1.69. The Morgan fingerprint density at radius 3 is 2.80 bits per heavy atom. The van der Waals surface area contributed by atoms with Gasteiger partial charge in [-0.3, -0.25) is 0 Å². The van der Waals surface area contributed by atoms with E-state index in [-0.39, 0.29) is 12.0 Å². The summed E-state index contributed by atoms with van der Waals surface area (Å²) in [5.41, 5.74) is 5.77. The maximum Gasteiger partial charge on any atom is 0.0656 e. The number of rotatable bonds is 5. The molecule has 84 valence electrons. The molecule has 3 N–H and O–H groups in total. The third-order valence-corrected chi connectivity index (χ3v) is 4.48. The van der Waals surface area contributed by atoms with Gasteiger partial charge in [-0.05, 0) is 36.1 Å². The molecule has 1 saturated carbocycles. The Morgan fingerprint density at radius 1 is 1.60 bits per heavy atom. The molecule has 3 atom stereocenters. The van der Waals surface area contributed by atoms with Crippen molar-refractivity contribution in [1.82, 2.24) is 0 Å². The molecule has 3 heteroatoms. The van der Waals surface area contributed by atoms with E-state index in [4.69, 9.17) is 5.73 Å². The standard InChI is InChI=1S/C12H19NOS/c1-8(9-4-5-9)12(14)10(7-13)11-3-2-6-15-11/h2-3,6,8-10,12,14H,4-5,7,13H2,1H3. The minimum Gasteiger partial charge on any atom is -0.392 e. The lowest BCUT2D eigenvalue weighted by atomic mass is 9.88. The lowest BCUT2D eigenvalue weighted by molar-refractivity contribution is 0.0812. The molecule has 0 bridgehead atoms. The summed E-state index contributed by atoms with van der Waals surface area (Å²) in [6.07, 6.45) is 2.28. The second-order valence-corrected chi connectivity index (χ2v) is 5.52. The highest BCUT2D eigenvalue weighted by molar-refractivity contribution is 7.10. The van der Waals surface area contributed by atoms with Gasteiger partial charge in [-0.1, -0.05) is 13.0 Å².